The summed E-state index contributed by atoms with van der Waals surface area (Å²) in [5, 5.41) is 24.9. The van der Waals surface area contributed by atoms with E-state index in [9.17, 15) is 14.7 Å². The maximum atomic E-state index is 12.7. The lowest BCUT2D eigenvalue weighted by atomic mass is 10.0. The van der Waals surface area contributed by atoms with Crippen LogP contribution in [0.3, 0.4) is 0 Å². The number of aliphatic hydroxyl groups excluding tert-OH is 1. The number of aryl methyl sites for hydroxylation is 2. The van der Waals surface area contributed by atoms with E-state index in [1.165, 1.54) is 10.7 Å². The molecule has 9 heteroatoms. The fourth-order valence-electron chi connectivity index (χ4n) is 4.71. The second-order valence-corrected chi connectivity index (χ2v) is 8.40. The number of hydrogen-bond acceptors (Lipinski definition) is 6. The molecule has 2 aromatic heterocycles. The molecule has 0 spiro atoms. The molecule has 4 rings (SSSR count). The zero-order valence-corrected chi connectivity index (χ0v) is 17.6. The van der Waals surface area contributed by atoms with Crippen molar-refractivity contribution in [2.75, 3.05) is 18.0 Å². The van der Waals surface area contributed by atoms with Crippen LogP contribution in [0.15, 0.2) is 16.9 Å². The highest BCUT2D eigenvalue weighted by Gasteiger charge is 2.30. The van der Waals surface area contributed by atoms with Crippen LogP contribution in [0.1, 0.15) is 66.3 Å². The SMILES string of the molecule is Cc1n[nH]c(C)c1C(=O)NCC1CCCCN1c1ccc(=O)n(C2CCCC2O)n1. The molecule has 2 aromatic rings. The van der Waals surface area contributed by atoms with Crippen LogP contribution >= 0.6 is 0 Å². The summed E-state index contributed by atoms with van der Waals surface area (Å²) in [6, 6.07) is 3.13. The first-order valence-electron chi connectivity index (χ1n) is 10.8. The number of aromatic amines is 1. The second kappa shape index (κ2) is 8.59. The number of carbonyl (C=O) groups is 1. The summed E-state index contributed by atoms with van der Waals surface area (Å²) in [7, 11) is 0. The first-order chi connectivity index (χ1) is 14.5. The van der Waals surface area contributed by atoms with Crippen LogP contribution in [0.5, 0.6) is 0 Å². The molecule has 1 aliphatic heterocycles. The molecule has 2 fully saturated rings. The van der Waals surface area contributed by atoms with Crippen LogP contribution in [0.2, 0.25) is 0 Å². The van der Waals surface area contributed by atoms with Crippen LogP contribution in [0.25, 0.3) is 0 Å². The van der Waals surface area contributed by atoms with Crippen molar-refractivity contribution in [3.63, 3.8) is 0 Å². The van der Waals surface area contributed by atoms with Gasteiger partial charge in [-0.3, -0.25) is 14.7 Å². The van der Waals surface area contributed by atoms with E-state index in [0.29, 0.717) is 24.2 Å². The summed E-state index contributed by atoms with van der Waals surface area (Å²) in [6.45, 7) is 4.97. The Balaban J connectivity index is 1.51. The summed E-state index contributed by atoms with van der Waals surface area (Å²) in [6.07, 6.45) is 4.91. The van der Waals surface area contributed by atoms with E-state index in [0.717, 1.165) is 50.2 Å². The number of anilines is 1. The summed E-state index contributed by atoms with van der Waals surface area (Å²) < 4.78 is 1.45. The van der Waals surface area contributed by atoms with E-state index in [2.05, 4.69) is 25.5 Å². The van der Waals surface area contributed by atoms with Crippen LogP contribution in [0, 0.1) is 13.8 Å². The highest BCUT2D eigenvalue weighted by molar-refractivity contribution is 5.96. The first-order valence-corrected chi connectivity index (χ1v) is 10.8. The molecule has 0 radical (unpaired) electrons. The lowest BCUT2D eigenvalue weighted by molar-refractivity contribution is 0.0948. The van der Waals surface area contributed by atoms with Gasteiger partial charge in [0.05, 0.1) is 23.4 Å². The van der Waals surface area contributed by atoms with Gasteiger partial charge in [0.15, 0.2) is 0 Å². The van der Waals surface area contributed by atoms with Gasteiger partial charge in [-0.15, -0.1) is 0 Å². The van der Waals surface area contributed by atoms with Crippen molar-refractivity contribution < 1.29 is 9.90 Å². The fourth-order valence-corrected chi connectivity index (χ4v) is 4.71. The fraction of sp³-hybridized carbons (Fsp3) is 0.619. The number of nitrogens with zero attached hydrogens (tertiary/aromatic N) is 4. The smallest absolute Gasteiger partial charge is 0.267 e. The van der Waals surface area contributed by atoms with E-state index < -0.39 is 6.10 Å². The molecule has 3 atom stereocenters. The van der Waals surface area contributed by atoms with Gasteiger partial charge in [0, 0.05) is 30.9 Å². The Kier molecular flexibility index (Phi) is 5.90. The van der Waals surface area contributed by atoms with Crippen molar-refractivity contribution in [2.24, 2.45) is 0 Å². The first kappa shape index (κ1) is 20.6. The predicted molar refractivity (Wildman–Crippen MR) is 113 cm³/mol. The molecular weight excluding hydrogens is 384 g/mol. The molecule has 3 N–H and O–H groups in total. The number of amides is 1. The summed E-state index contributed by atoms with van der Waals surface area (Å²) in [5.74, 6) is 0.597. The van der Waals surface area contributed by atoms with Gasteiger partial charge in [-0.25, -0.2) is 4.68 Å². The molecule has 3 heterocycles. The molecule has 1 amide bonds. The molecule has 162 valence electrons. The molecule has 1 aliphatic carbocycles. The molecule has 0 aromatic carbocycles. The van der Waals surface area contributed by atoms with Crippen molar-refractivity contribution in [1.29, 1.82) is 0 Å². The average Bonchev–Trinajstić information content (AvgIpc) is 3.31. The number of H-pyrrole nitrogens is 1. The van der Waals surface area contributed by atoms with E-state index >= 15 is 0 Å². The lowest BCUT2D eigenvalue weighted by Crippen LogP contribution is -2.48. The van der Waals surface area contributed by atoms with Gasteiger partial charge < -0.3 is 15.3 Å². The van der Waals surface area contributed by atoms with Gasteiger partial charge in [0.25, 0.3) is 11.5 Å². The minimum absolute atomic E-state index is 0.0992. The summed E-state index contributed by atoms with van der Waals surface area (Å²) in [5.41, 5.74) is 1.86. The van der Waals surface area contributed by atoms with Crippen LogP contribution in [-0.2, 0) is 0 Å². The molecule has 9 nitrogen and oxygen atoms in total. The Labute approximate surface area is 175 Å². The second-order valence-electron chi connectivity index (χ2n) is 8.40. The maximum Gasteiger partial charge on any atom is 0.267 e. The third kappa shape index (κ3) is 3.98. The standard InChI is InChI=1S/C21H30N6O3/c1-13-20(14(2)24-23-13)21(30)22-12-15-6-3-4-11-26(15)18-9-10-19(29)27(25-18)16-7-5-8-17(16)28/h9-10,15-17,28H,3-8,11-12H2,1-2H3,(H,22,30)(H,23,24). The third-order valence-corrected chi connectivity index (χ3v) is 6.34. The Hall–Kier alpha value is -2.68. The number of piperidine rings is 1. The zero-order chi connectivity index (χ0) is 21.3. The Bertz CT molecular complexity index is 948. The van der Waals surface area contributed by atoms with E-state index in [4.69, 9.17) is 0 Å². The van der Waals surface area contributed by atoms with E-state index in [1.807, 2.05) is 13.8 Å². The largest absolute Gasteiger partial charge is 0.391 e. The summed E-state index contributed by atoms with van der Waals surface area (Å²) in [4.78, 5) is 27.2. The van der Waals surface area contributed by atoms with Crippen molar-refractivity contribution in [3.05, 3.63) is 39.4 Å². The van der Waals surface area contributed by atoms with Crippen molar-refractivity contribution >= 4 is 11.7 Å². The van der Waals surface area contributed by atoms with E-state index in [-0.39, 0.29) is 23.6 Å². The minimum Gasteiger partial charge on any atom is -0.391 e. The molecule has 1 saturated carbocycles. The highest BCUT2D eigenvalue weighted by atomic mass is 16.3. The monoisotopic (exact) mass is 414 g/mol. The Morgan fingerprint density at radius 3 is 2.77 bits per heavy atom. The lowest BCUT2D eigenvalue weighted by Gasteiger charge is -2.37. The zero-order valence-electron chi connectivity index (χ0n) is 17.6. The number of rotatable bonds is 5. The molecule has 30 heavy (non-hydrogen) atoms. The van der Waals surface area contributed by atoms with Gasteiger partial charge in [0.2, 0.25) is 0 Å². The van der Waals surface area contributed by atoms with Gasteiger partial charge in [-0.2, -0.15) is 10.2 Å². The molecule has 0 bridgehead atoms. The Morgan fingerprint density at radius 1 is 1.23 bits per heavy atom. The van der Waals surface area contributed by atoms with Crippen LogP contribution in [-0.4, -0.2) is 56.2 Å². The highest BCUT2D eigenvalue weighted by Crippen LogP contribution is 2.29. The minimum atomic E-state index is -0.525. The van der Waals surface area contributed by atoms with Crippen LogP contribution in [0.4, 0.5) is 5.82 Å². The van der Waals surface area contributed by atoms with E-state index in [1.54, 1.807) is 6.07 Å². The van der Waals surface area contributed by atoms with Gasteiger partial charge in [0.1, 0.15) is 5.82 Å². The average molecular weight is 415 g/mol. The number of nitrogens with one attached hydrogen (secondary N) is 2. The summed E-state index contributed by atoms with van der Waals surface area (Å²) >= 11 is 0. The molecule has 3 unspecified atom stereocenters. The van der Waals surface area contributed by atoms with Crippen molar-refractivity contribution in [1.82, 2.24) is 25.3 Å². The molecular formula is C21H30N6O3. The van der Waals surface area contributed by atoms with Crippen molar-refractivity contribution in [2.45, 2.75) is 70.6 Å². The predicted octanol–water partition coefficient (Wildman–Crippen LogP) is 1.46. The number of carbonyl (C=O) groups excluding carboxylic acids is 1. The number of hydrogen-bond donors (Lipinski definition) is 3. The number of aliphatic hydroxyl groups is 1. The van der Waals surface area contributed by atoms with Gasteiger partial charge in [-0.05, 0) is 58.4 Å². The van der Waals surface area contributed by atoms with Gasteiger partial charge >= 0.3 is 0 Å². The quantitative estimate of drug-likeness (QED) is 0.682. The van der Waals surface area contributed by atoms with Gasteiger partial charge in [-0.1, -0.05) is 0 Å². The van der Waals surface area contributed by atoms with Crippen molar-refractivity contribution in [3.8, 4) is 0 Å². The normalized spacial score (nSPS) is 24.2. The Morgan fingerprint density at radius 2 is 2.07 bits per heavy atom. The van der Waals surface area contributed by atoms with Crippen LogP contribution < -0.4 is 15.8 Å². The number of aromatic nitrogens is 4. The third-order valence-electron chi connectivity index (χ3n) is 6.34. The maximum absolute atomic E-state index is 12.7. The molecule has 1 saturated heterocycles. The molecule has 2 aliphatic rings. The topological polar surface area (TPSA) is 116 Å².